The van der Waals surface area contributed by atoms with E-state index in [9.17, 15) is 8.42 Å². The largest absolute Gasteiger partial charge is 0.496 e. The van der Waals surface area contributed by atoms with Crippen LogP contribution >= 0.6 is 0 Å². The molecule has 6 heteroatoms. The minimum atomic E-state index is -3.08. The van der Waals surface area contributed by atoms with Crippen LogP contribution in [0, 0.1) is 12.8 Å². The third kappa shape index (κ3) is 4.68. The Morgan fingerprint density at radius 2 is 2.13 bits per heavy atom. The van der Waals surface area contributed by atoms with E-state index in [-0.39, 0.29) is 0 Å². The Labute approximate surface area is 140 Å². The Balaban J connectivity index is 1.96. The second-order valence-corrected chi connectivity index (χ2v) is 8.35. The van der Waals surface area contributed by atoms with Crippen molar-refractivity contribution in [2.24, 2.45) is 5.92 Å². The van der Waals surface area contributed by atoms with Crippen LogP contribution in [0.2, 0.25) is 0 Å². The molecule has 0 aromatic heterocycles. The number of ether oxygens (including phenoxy) is 1. The van der Waals surface area contributed by atoms with Gasteiger partial charge in [-0.25, -0.2) is 12.7 Å². The Kier molecular flexibility index (Phi) is 6.06. The highest BCUT2D eigenvalue weighted by Gasteiger charge is 2.31. The van der Waals surface area contributed by atoms with Gasteiger partial charge in [-0.15, -0.1) is 0 Å². The lowest BCUT2D eigenvalue weighted by Gasteiger charge is -2.37. The molecule has 5 nitrogen and oxygen atoms in total. The molecule has 0 radical (unpaired) electrons. The van der Waals surface area contributed by atoms with Crippen molar-refractivity contribution < 1.29 is 13.2 Å². The lowest BCUT2D eigenvalue weighted by Crippen LogP contribution is -2.50. The second kappa shape index (κ2) is 7.64. The zero-order valence-electron chi connectivity index (χ0n) is 14.5. The fourth-order valence-electron chi connectivity index (χ4n) is 3.28. The summed E-state index contributed by atoms with van der Waals surface area (Å²) < 4.78 is 30.3. The molecule has 1 saturated heterocycles. The highest BCUT2D eigenvalue weighted by Crippen LogP contribution is 2.23. The monoisotopic (exact) mass is 340 g/mol. The Bertz CT molecular complexity index is 631. The summed E-state index contributed by atoms with van der Waals surface area (Å²) >= 11 is 0. The Morgan fingerprint density at radius 3 is 2.70 bits per heavy atom. The van der Waals surface area contributed by atoms with Gasteiger partial charge in [-0.2, -0.15) is 0 Å². The van der Waals surface area contributed by atoms with Crippen molar-refractivity contribution in [2.75, 3.05) is 26.5 Å². The van der Waals surface area contributed by atoms with Gasteiger partial charge in [0.2, 0.25) is 10.0 Å². The molecule has 2 atom stereocenters. The molecule has 2 rings (SSSR count). The number of rotatable bonds is 6. The number of hydrogen-bond donors (Lipinski definition) is 1. The average molecular weight is 340 g/mol. The molecule has 23 heavy (non-hydrogen) atoms. The van der Waals surface area contributed by atoms with E-state index in [1.165, 1.54) is 11.8 Å². The summed E-state index contributed by atoms with van der Waals surface area (Å²) in [5, 5.41) is 3.61. The molecule has 1 N–H and O–H groups in total. The smallest absolute Gasteiger partial charge is 0.211 e. The molecule has 1 aromatic rings. The zero-order valence-corrected chi connectivity index (χ0v) is 15.3. The van der Waals surface area contributed by atoms with E-state index < -0.39 is 10.0 Å². The first-order valence-electron chi connectivity index (χ1n) is 8.17. The minimum Gasteiger partial charge on any atom is -0.496 e. The molecule has 130 valence electrons. The third-order valence-corrected chi connectivity index (χ3v) is 5.99. The van der Waals surface area contributed by atoms with Gasteiger partial charge in [-0.1, -0.05) is 25.5 Å². The van der Waals surface area contributed by atoms with Crippen LogP contribution < -0.4 is 10.1 Å². The topological polar surface area (TPSA) is 58.6 Å². The number of benzene rings is 1. The Hall–Kier alpha value is -1.11. The van der Waals surface area contributed by atoms with Crippen LogP contribution in [0.1, 0.15) is 30.9 Å². The predicted molar refractivity (Wildman–Crippen MR) is 93.2 cm³/mol. The molecule has 0 spiro atoms. The van der Waals surface area contributed by atoms with Gasteiger partial charge in [0, 0.05) is 25.7 Å². The van der Waals surface area contributed by atoms with Crippen LogP contribution in [0.3, 0.4) is 0 Å². The van der Waals surface area contributed by atoms with Gasteiger partial charge in [0.15, 0.2) is 0 Å². The van der Waals surface area contributed by atoms with E-state index in [1.54, 1.807) is 11.4 Å². The summed E-state index contributed by atoms with van der Waals surface area (Å²) in [5.41, 5.74) is 2.36. The quantitative estimate of drug-likeness (QED) is 0.862. The average Bonchev–Trinajstić information content (AvgIpc) is 2.52. The third-order valence-electron chi connectivity index (χ3n) is 4.72. The molecule has 0 unspecified atom stereocenters. The summed E-state index contributed by atoms with van der Waals surface area (Å²) in [6, 6.07) is 6.57. The van der Waals surface area contributed by atoms with E-state index >= 15 is 0 Å². The summed E-state index contributed by atoms with van der Waals surface area (Å²) in [6.07, 6.45) is 3.14. The molecule has 0 bridgehead atoms. The first-order chi connectivity index (χ1) is 10.8. The molecule has 0 aliphatic carbocycles. The molecule has 1 heterocycles. The number of nitrogens with zero attached hydrogens (tertiary/aromatic N) is 1. The first kappa shape index (κ1) is 18.2. The highest BCUT2D eigenvalue weighted by molar-refractivity contribution is 7.88. The molecular formula is C17H28N2O3S. The number of piperidine rings is 1. The fraction of sp³-hybridized carbons (Fsp3) is 0.647. The second-order valence-electron chi connectivity index (χ2n) is 6.37. The van der Waals surface area contributed by atoms with Gasteiger partial charge in [-0.05, 0) is 36.5 Å². The molecule has 1 aliphatic rings. The lowest BCUT2D eigenvalue weighted by molar-refractivity contribution is 0.202. The molecule has 0 saturated carbocycles. The molecule has 1 fully saturated rings. The van der Waals surface area contributed by atoms with Crippen LogP contribution in [0.5, 0.6) is 5.75 Å². The fourth-order valence-corrected chi connectivity index (χ4v) is 4.18. The minimum absolute atomic E-state index is 0.359. The number of methoxy groups -OCH3 is 1. The van der Waals surface area contributed by atoms with Gasteiger partial charge in [0.05, 0.1) is 13.4 Å². The number of hydrogen-bond acceptors (Lipinski definition) is 4. The van der Waals surface area contributed by atoms with Crippen molar-refractivity contribution in [2.45, 2.75) is 39.3 Å². The first-order valence-corrected chi connectivity index (χ1v) is 10.0. The van der Waals surface area contributed by atoms with E-state index in [2.05, 4.69) is 24.4 Å². The van der Waals surface area contributed by atoms with E-state index in [4.69, 9.17) is 4.74 Å². The van der Waals surface area contributed by atoms with Crippen molar-refractivity contribution in [3.05, 3.63) is 29.3 Å². The number of sulfonamides is 1. The SMILES string of the molecule is CC[C@@H]1CN(S(C)(=O)=O)CC[C@@H]1NCc1ccc(OC)c(C)c1. The van der Waals surface area contributed by atoms with Crippen LogP contribution in [0.15, 0.2) is 18.2 Å². The van der Waals surface area contributed by atoms with E-state index in [1.807, 2.05) is 13.0 Å². The predicted octanol–water partition coefficient (Wildman–Crippen LogP) is 2.15. The molecule has 0 amide bonds. The maximum absolute atomic E-state index is 11.7. The van der Waals surface area contributed by atoms with Gasteiger partial charge in [0.25, 0.3) is 0 Å². The zero-order chi connectivity index (χ0) is 17.0. The van der Waals surface area contributed by atoms with Crippen LogP contribution in [0.25, 0.3) is 0 Å². The summed E-state index contributed by atoms with van der Waals surface area (Å²) in [4.78, 5) is 0. The maximum atomic E-state index is 11.7. The number of nitrogens with one attached hydrogen (secondary N) is 1. The summed E-state index contributed by atoms with van der Waals surface area (Å²) in [6.45, 7) is 6.19. The van der Waals surface area contributed by atoms with Gasteiger partial charge in [0.1, 0.15) is 5.75 Å². The maximum Gasteiger partial charge on any atom is 0.211 e. The van der Waals surface area contributed by atoms with Gasteiger partial charge in [-0.3, -0.25) is 0 Å². The highest BCUT2D eigenvalue weighted by atomic mass is 32.2. The number of aryl methyl sites for hydroxylation is 1. The van der Waals surface area contributed by atoms with Crippen molar-refractivity contribution in [1.29, 1.82) is 0 Å². The van der Waals surface area contributed by atoms with Crippen molar-refractivity contribution in [3.8, 4) is 5.75 Å². The van der Waals surface area contributed by atoms with Gasteiger partial charge >= 0.3 is 0 Å². The summed E-state index contributed by atoms with van der Waals surface area (Å²) in [7, 11) is -1.40. The molecule has 1 aliphatic heterocycles. The molecular weight excluding hydrogens is 312 g/mol. The standard InChI is InChI=1S/C17H28N2O3S/c1-5-15-12-19(23(4,20)21)9-8-16(15)18-11-14-6-7-17(22-3)13(2)10-14/h6-7,10,15-16,18H,5,8-9,11-12H2,1-4H3/t15-,16+/m1/s1. The lowest BCUT2D eigenvalue weighted by atomic mass is 9.91. The Morgan fingerprint density at radius 1 is 1.39 bits per heavy atom. The summed E-state index contributed by atoms with van der Waals surface area (Å²) in [5.74, 6) is 1.26. The van der Waals surface area contributed by atoms with Crippen LogP contribution in [-0.2, 0) is 16.6 Å². The van der Waals surface area contributed by atoms with E-state index in [0.29, 0.717) is 25.0 Å². The molecule has 1 aromatic carbocycles. The van der Waals surface area contributed by atoms with Crippen molar-refractivity contribution in [3.63, 3.8) is 0 Å². The van der Waals surface area contributed by atoms with E-state index in [0.717, 1.165) is 30.7 Å². The normalized spacial score (nSPS) is 23.0. The van der Waals surface area contributed by atoms with Gasteiger partial charge < -0.3 is 10.1 Å². The van der Waals surface area contributed by atoms with Crippen LogP contribution in [-0.4, -0.2) is 45.2 Å². The van der Waals surface area contributed by atoms with Crippen molar-refractivity contribution >= 4 is 10.0 Å². The van der Waals surface area contributed by atoms with Crippen molar-refractivity contribution in [1.82, 2.24) is 9.62 Å². The van der Waals surface area contributed by atoms with Crippen LogP contribution in [0.4, 0.5) is 0 Å².